The maximum absolute atomic E-state index is 12.3. The molecule has 4 nitrogen and oxygen atoms in total. The molecule has 0 heterocycles. The molecule has 0 aliphatic heterocycles. The molecule has 0 spiro atoms. The monoisotopic (exact) mass is 287 g/mol. The summed E-state index contributed by atoms with van der Waals surface area (Å²) in [5.41, 5.74) is 0.892. The first-order valence-electron chi connectivity index (χ1n) is 7.44. The van der Waals surface area contributed by atoms with Crippen LogP contribution in [0, 0.1) is 17.3 Å². The number of amides is 1. The summed E-state index contributed by atoms with van der Waals surface area (Å²) in [6, 6.07) is 10.2. The first-order chi connectivity index (χ1) is 9.88. The fourth-order valence-electron chi connectivity index (χ4n) is 3.46. The maximum Gasteiger partial charge on any atom is 0.307 e. The van der Waals surface area contributed by atoms with Gasteiger partial charge in [0.15, 0.2) is 0 Å². The molecule has 2 aliphatic rings. The predicted octanol–water partition coefficient (Wildman–Crippen LogP) is 2.19. The zero-order chi connectivity index (χ0) is 15.3. The van der Waals surface area contributed by atoms with Gasteiger partial charge in [0, 0.05) is 12.0 Å². The van der Waals surface area contributed by atoms with Gasteiger partial charge in [0.05, 0.1) is 11.8 Å². The molecule has 1 amide bonds. The second kappa shape index (κ2) is 4.58. The molecule has 0 bridgehead atoms. The Morgan fingerprint density at radius 3 is 2.29 bits per heavy atom. The van der Waals surface area contributed by atoms with Gasteiger partial charge in [-0.25, -0.2) is 0 Å². The van der Waals surface area contributed by atoms with E-state index < -0.39 is 23.2 Å². The smallest absolute Gasteiger partial charge is 0.307 e. The van der Waals surface area contributed by atoms with Crippen molar-refractivity contribution in [1.29, 1.82) is 0 Å². The van der Waals surface area contributed by atoms with Crippen molar-refractivity contribution in [3.05, 3.63) is 35.9 Å². The van der Waals surface area contributed by atoms with E-state index >= 15 is 0 Å². The van der Waals surface area contributed by atoms with Crippen molar-refractivity contribution in [2.24, 2.45) is 17.3 Å². The van der Waals surface area contributed by atoms with Gasteiger partial charge in [-0.05, 0) is 23.8 Å². The Labute approximate surface area is 124 Å². The largest absolute Gasteiger partial charge is 0.481 e. The standard InChI is InChI=1S/C17H21NO3/c1-16(2)12(13(16)15(20)21)14(19)18-10-17(8-9-17)11-6-4-3-5-7-11/h3-7,12-13H,8-10H2,1-2H3,(H,18,19)(H,20,21)/t12-,13+/m1/s1. The highest BCUT2D eigenvalue weighted by Crippen LogP contribution is 2.58. The van der Waals surface area contributed by atoms with Gasteiger partial charge < -0.3 is 10.4 Å². The van der Waals surface area contributed by atoms with Crippen molar-refractivity contribution < 1.29 is 14.7 Å². The van der Waals surface area contributed by atoms with Crippen LogP contribution in [-0.4, -0.2) is 23.5 Å². The summed E-state index contributed by atoms with van der Waals surface area (Å²) in [7, 11) is 0. The summed E-state index contributed by atoms with van der Waals surface area (Å²) >= 11 is 0. The number of carboxylic acid groups (broad SMARTS) is 1. The Balaban J connectivity index is 1.62. The van der Waals surface area contributed by atoms with Crippen molar-refractivity contribution in [3.63, 3.8) is 0 Å². The SMILES string of the molecule is CC1(C)[C@H](C(=O)O)[C@@H]1C(=O)NCC1(c2ccccc2)CC1. The summed E-state index contributed by atoms with van der Waals surface area (Å²) in [5, 5.41) is 12.1. The molecule has 2 atom stereocenters. The van der Waals surface area contributed by atoms with Crippen LogP contribution in [0.15, 0.2) is 30.3 Å². The van der Waals surface area contributed by atoms with E-state index in [1.165, 1.54) is 5.56 Å². The van der Waals surface area contributed by atoms with Crippen LogP contribution < -0.4 is 5.32 Å². The number of nitrogens with one attached hydrogen (secondary N) is 1. The van der Waals surface area contributed by atoms with Gasteiger partial charge in [0.1, 0.15) is 0 Å². The highest BCUT2D eigenvalue weighted by Gasteiger charge is 2.66. The summed E-state index contributed by atoms with van der Waals surface area (Å²) in [4.78, 5) is 23.4. The van der Waals surface area contributed by atoms with E-state index in [0.717, 1.165) is 12.8 Å². The Kier molecular flexibility index (Phi) is 3.08. The summed E-state index contributed by atoms with van der Waals surface area (Å²) in [5.74, 6) is -1.94. The van der Waals surface area contributed by atoms with Crippen LogP contribution in [0.4, 0.5) is 0 Å². The number of carboxylic acids is 1. The van der Waals surface area contributed by atoms with E-state index in [0.29, 0.717) is 6.54 Å². The topological polar surface area (TPSA) is 66.4 Å². The lowest BCUT2D eigenvalue weighted by Crippen LogP contribution is -2.34. The molecule has 0 aromatic heterocycles. The van der Waals surface area contributed by atoms with Crippen LogP contribution in [0.1, 0.15) is 32.3 Å². The fraction of sp³-hybridized carbons (Fsp3) is 0.529. The molecule has 112 valence electrons. The van der Waals surface area contributed by atoms with E-state index in [1.54, 1.807) is 0 Å². The average Bonchev–Trinajstić information content (AvgIpc) is 3.33. The van der Waals surface area contributed by atoms with Crippen LogP contribution in [0.5, 0.6) is 0 Å². The number of rotatable bonds is 5. The molecule has 0 unspecified atom stereocenters. The Bertz CT molecular complexity index is 575. The zero-order valence-corrected chi connectivity index (χ0v) is 12.4. The molecule has 1 aromatic carbocycles. The third-order valence-corrected chi connectivity index (χ3v) is 5.22. The molecular formula is C17H21NO3. The van der Waals surface area contributed by atoms with Crippen LogP contribution in [0.2, 0.25) is 0 Å². The Hall–Kier alpha value is -1.84. The lowest BCUT2D eigenvalue weighted by atomic mass is 9.96. The third-order valence-electron chi connectivity index (χ3n) is 5.22. The summed E-state index contributed by atoms with van der Waals surface area (Å²) in [6.07, 6.45) is 2.15. The zero-order valence-electron chi connectivity index (χ0n) is 12.4. The van der Waals surface area contributed by atoms with E-state index in [2.05, 4.69) is 17.4 Å². The highest BCUT2D eigenvalue weighted by molar-refractivity contribution is 5.91. The van der Waals surface area contributed by atoms with Crippen LogP contribution in [-0.2, 0) is 15.0 Å². The van der Waals surface area contributed by atoms with Gasteiger partial charge in [-0.1, -0.05) is 44.2 Å². The number of hydrogen-bond acceptors (Lipinski definition) is 2. The second-order valence-corrected chi connectivity index (χ2v) is 6.98. The normalized spacial score (nSPS) is 27.7. The second-order valence-electron chi connectivity index (χ2n) is 6.98. The van der Waals surface area contributed by atoms with E-state index in [1.807, 2.05) is 32.0 Å². The molecule has 2 N–H and O–H groups in total. The van der Waals surface area contributed by atoms with Crippen molar-refractivity contribution >= 4 is 11.9 Å². The van der Waals surface area contributed by atoms with Crippen LogP contribution >= 0.6 is 0 Å². The molecule has 0 saturated heterocycles. The predicted molar refractivity (Wildman–Crippen MR) is 78.8 cm³/mol. The van der Waals surface area contributed by atoms with E-state index in [9.17, 15) is 9.59 Å². The number of carbonyl (C=O) groups is 2. The fourth-order valence-corrected chi connectivity index (χ4v) is 3.46. The minimum absolute atomic E-state index is 0.0642. The Morgan fingerprint density at radius 2 is 1.81 bits per heavy atom. The quantitative estimate of drug-likeness (QED) is 0.872. The van der Waals surface area contributed by atoms with Gasteiger partial charge in [-0.15, -0.1) is 0 Å². The third kappa shape index (κ3) is 2.33. The molecule has 4 heteroatoms. The molecule has 2 aliphatic carbocycles. The van der Waals surface area contributed by atoms with Crippen LogP contribution in [0.3, 0.4) is 0 Å². The van der Waals surface area contributed by atoms with Gasteiger partial charge in [0.2, 0.25) is 5.91 Å². The minimum Gasteiger partial charge on any atom is -0.481 e. The van der Waals surface area contributed by atoms with Crippen molar-refractivity contribution in [2.45, 2.75) is 32.1 Å². The summed E-state index contributed by atoms with van der Waals surface area (Å²) in [6.45, 7) is 4.30. The first kappa shape index (κ1) is 14.1. The molecule has 2 saturated carbocycles. The van der Waals surface area contributed by atoms with Gasteiger partial charge in [0.25, 0.3) is 0 Å². The molecule has 2 fully saturated rings. The minimum atomic E-state index is -0.871. The summed E-state index contributed by atoms with van der Waals surface area (Å²) < 4.78 is 0. The average molecular weight is 287 g/mol. The van der Waals surface area contributed by atoms with Crippen molar-refractivity contribution in [3.8, 4) is 0 Å². The first-order valence-corrected chi connectivity index (χ1v) is 7.44. The number of benzene rings is 1. The molecule has 0 radical (unpaired) electrons. The molecule has 3 rings (SSSR count). The number of hydrogen-bond donors (Lipinski definition) is 2. The molecule has 21 heavy (non-hydrogen) atoms. The van der Waals surface area contributed by atoms with E-state index in [-0.39, 0.29) is 11.3 Å². The number of aliphatic carboxylic acids is 1. The van der Waals surface area contributed by atoms with Gasteiger partial charge in [-0.2, -0.15) is 0 Å². The van der Waals surface area contributed by atoms with Gasteiger partial charge in [-0.3, -0.25) is 9.59 Å². The molecule has 1 aromatic rings. The molecular weight excluding hydrogens is 266 g/mol. The Morgan fingerprint density at radius 1 is 1.19 bits per heavy atom. The maximum atomic E-state index is 12.3. The van der Waals surface area contributed by atoms with Crippen molar-refractivity contribution in [2.75, 3.05) is 6.54 Å². The van der Waals surface area contributed by atoms with Crippen molar-refractivity contribution in [1.82, 2.24) is 5.32 Å². The lowest BCUT2D eigenvalue weighted by Gasteiger charge is -2.17. The van der Waals surface area contributed by atoms with Crippen LogP contribution in [0.25, 0.3) is 0 Å². The highest BCUT2D eigenvalue weighted by atomic mass is 16.4. The number of carbonyl (C=O) groups excluding carboxylic acids is 1. The lowest BCUT2D eigenvalue weighted by molar-refractivity contribution is -0.140. The van der Waals surface area contributed by atoms with Gasteiger partial charge >= 0.3 is 5.97 Å². The van der Waals surface area contributed by atoms with E-state index in [4.69, 9.17) is 5.11 Å².